The van der Waals surface area contributed by atoms with Gasteiger partial charge in [0.2, 0.25) is 20.0 Å². The maximum absolute atomic E-state index is 11.2. The zero-order valence-corrected chi connectivity index (χ0v) is 10.8. The predicted octanol–water partition coefficient (Wildman–Crippen LogP) is -0.916. The van der Waals surface area contributed by atoms with Gasteiger partial charge in [0, 0.05) is 19.0 Å². The largest absolute Gasteiger partial charge is 0.214 e. The van der Waals surface area contributed by atoms with Gasteiger partial charge in [-0.05, 0) is 6.42 Å². The lowest BCUT2D eigenvalue weighted by molar-refractivity contribution is 0.572. The highest BCUT2D eigenvalue weighted by atomic mass is 35.5. The van der Waals surface area contributed by atoms with Crippen molar-refractivity contribution in [2.45, 2.75) is 6.42 Å². The Hall–Kier alpha value is 0.110. The third-order valence-corrected chi connectivity index (χ3v) is 3.82. The molecule has 0 atom stereocenters. The molecule has 0 bridgehead atoms. The molecule has 0 fully saturated rings. The van der Waals surface area contributed by atoms with Gasteiger partial charge >= 0.3 is 0 Å². The van der Waals surface area contributed by atoms with Crippen molar-refractivity contribution in [3.8, 4) is 0 Å². The van der Waals surface area contributed by atoms with Crippen molar-refractivity contribution in [1.82, 2.24) is 9.44 Å². The molecule has 2 N–H and O–H groups in total. The van der Waals surface area contributed by atoms with Crippen LogP contribution in [-0.4, -0.2) is 47.8 Å². The highest BCUT2D eigenvalue weighted by molar-refractivity contribution is 7.89. The molecule has 0 aliphatic rings. The molecule has 0 unspecified atom stereocenters. The van der Waals surface area contributed by atoms with E-state index in [-0.39, 0.29) is 24.7 Å². The lowest BCUT2D eigenvalue weighted by Gasteiger charge is -2.05. The van der Waals surface area contributed by atoms with Crippen molar-refractivity contribution in [3.63, 3.8) is 0 Å². The minimum Gasteiger partial charge on any atom is -0.214 e. The molecule has 15 heavy (non-hydrogen) atoms. The van der Waals surface area contributed by atoms with Gasteiger partial charge in [-0.15, -0.1) is 11.6 Å². The molecular formula is C6H15ClN2O4S2. The zero-order valence-electron chi connectivity index (χ0n) is 8.36. The Kier molecular flexibility index (Phi) is 6.69. The number of hydrogen-bond donors (Lipinski definition) is 2. The van der Waals surface area contributed by atoms with Gasteiger partial charge in [-0.3, -0.25) is 0 Å². The minimum atomic E-state index is -3.33. The van der Waals surface area contributed by atoms with Crippen LogP contribution in [0.25, 0.3) is 0 Å². The standard InChI is InChI=1S/C6H15ClN2O4S2/c1-14(10,11)8-4-5-9-15(12,13)6-2-3-7/h8-9H,2-6H2,1H3. The van der Waals surface area contributed by atoms with E-state index in [2.05, 4.69) is 9.44 Å². The first-order chi connectivity index (χ1) is 6.77. The molecule has 0 aromatic rings. The second kappa shape index (κ2) is 6.64. The fourth-order valence-corrected chi connectivity index (χ4v) is 2.61. The van der Waals surface area contributed by atoms with E-state index >= 15 is 0 Å². The van der Waals surface area contributed by atoms with Gasteiger partial charge in [-0.25, -0.2) is 26.3 Å². The first-order valence-electron chi connectivity index (χ1n) is 4.25. The van der Waals surface area contributed by atoms with Gasteiger partial charge in [0.15, 0.2) is 0 Å². The van der Waals surface area contributed by atoms with Gasteiger partial charge < -0.3 is 0 Å². The van der Waals surface area contributed by atoms with E-state index in [4.69, 9.17) is 11.6 Å². The Bertz CT molecular complexity index is 365. The van der Waals surface area contributed by atoms with E-state index in [0.29, 0.717) is 6.42 Å². The highest BCUT2D eigenvalue weighted by Crippen LogP contribution is 1.91. The molecule has 0 heterocycles. The first kappa shape index (κ1) is 15.1. The van der Waals surface area contributed by atoms with Gasteiger partial charge in [0.25, 0.3) is 0 Å². The first-order valence-corrected chi connectivity index (χ1v) is 8.32. The summed E-state index contributed by atoms with van der Waals surface area (Å²) in [6.07, 6.45) is 1.38. The minimum absolute atomic E-state index is 0.0394. The van der Waals surface area contributed by atoms with Crippen LogP contribution in [0.2, 0.25) is 0 Å². The van der Waals surface area contributed by atoms with E-state index in [1.165, 1.54) is 0 Å². The molecule has 0 rings (SSSR count). The summed E-state index contributed by atoms with van der Waals surface area (Å²) in [6.45, 7) is 0.0800. The lowest BCUT2D eigenvalue weighted by Crippen LogP contribution is -2.35. The summed E-state index contributed by atoms with van der Waals surface area (Å²) in [6, 6.07) is 0. The Balaban J connectivity index is 3.76. The average molecular weight is 279 g/mol. The summed E-state index contributed by atoms with van der Waals surface area (Å²) >= 11 is 5.34. The summed E-state index contributed by atoms with van der Waals surface area (Å²) < 4.78 is 48.0. The van der Waals surface area contributed by atoms with Crippen LogP contribution in [0.4, 0.5) is 0 Å². The molecule has 0 amide bonds. The second-order valence-corrected chi connectivity index (χ2v) is 7.06. The van der Waals surface area contributed by atoms with Crippen LogP contribution < -0.4 is 9.44 Å². The molecule has 0 radical (unpaired) electrons. The van der Waals surface area contributed by atoms with Crippen molar-refractivity contribution < 1.29 is 16.8 Å². The van der Waals surface area contributed by atoms with Crippen LogP contribution in [0.3, 0.4) is 0 Å². The zero-order chi connectivity index (χ0) is 11.9. The SMILES string of the molecule is CS(=O)(=O)NCCNS(=O)(=O)CCCCl. The normalized spacial score (nSPS) is 12.9. The molecule has 9 heteroatoms. The molecule has 0 spiro atoms. The maximum atomic E-state index is 11.2. The Morgan fingerprint density at radius 3 is 2.07 bits per heavy atom. The van der Waals surface area contributed by atoms with Gasteiger partial charge in [-0.1, -0.05) is 0 Å². The number of rotatable bonds is 8. The second-order valence-electron chi connectivity index (χ2n) is 2.92. The van der Waals surface area contributed by atoms with E-state index in [1.807, 2.05) is 0 Å². The van der Waals surface area contributed by atoms with Crippen LogP contribution in [0, 0.1) is 0 Å². The number of alkyl halides is 1. The number of sulfonamides is 2. The van der Waals surface area contributed by atoms with E-state index < -0.39 is 20.0 Å². The molecule has 0 saturated heterocycles. The van der Waals surface area contributed by atoms with Crippen LogP contribution in [0.15, 0.2) is 0 Å². The monoisotopic (exact) mass is 278 g/mol. The summed E-state index contributed by atoms with van der Waals surface area (Å²) in [5, 5.41) is 0. The molecular weight excluding hydrogens is 264 g/mol. The molecule has 0 saturated carbocycles. The van der Waals surface area contributed by atoms with Crippen molar-refractivity contribution >= 4 is 31.6 Å². The fraction of sp³-hybridized carbons (Fsp3) is 1.00. The molecule has 0 aromatic carbocycles. The summed E-state index contributed by atoms with van der Waals surface area (Å²) in [5.74, 6) is 0.234. The van der Waals surface area contributed by atoms with Crippen LogP contribution in [0.5, 0.6) is 0 Å². The summed E-state index contributed by atoms with van der Waals surface area (Å²) in [5.41, 5.74) is 0. The van der Waals surface area contributed by atoms with Crippen LogP contribution in [-0.2, 0) is 20.0 Å². The van der Waals surface area contributed by atoms with Crippen molar-refractivity contribution in [3.05, 3.63) is 0 Å². The fourth-order valence-electron chi connectivity index (χ4n) is 0.760. The molecule has 0 aliphatic carbocycles. The molecule has 6 nitrogen and oxygen atoms in total. The molecule has 0 aliphatic heterocycles. The van der Waals surface area contributed by atoms with E-state index in [0.717, 1.165) is 6.26 Å². The van der Waals surface area contributed by atoms with Crippen molar-refractivity contribution in [2.75, 3.05) is 31.0 Å². The Labute approximate surface area is 95.5 Å². The maximum Gasteiger partial charge on any atom is 0.211 e. The number of halogens is 1. The van der Waals surface area contributed by atoms with Crippen LogP contribution in [0.1, 0.15) is 6.42 Å². The van der Waals surface area contributed by atoms with Crippen molar-refractivity contribution in [2.24, 2.45) is 0 Å². The third-order valence-electron chi connectivity index (χ3n) is 1.36. The third kappa shape index (κ3) is 10.4. The molecule has 92 valence electrons. The van der Waals surface area contributed by atoms with Crippen LogP contribution >= 0.6 is 11.6 Å². The quantitative estimate of drug-likeness (QED) is 0.444. The predicted molar refractivity (Wildman–Crippen MR) is 60.0 cm³/mol. The summed E-state index contributed by atoms with van der Waals surface area (Å²) in [7, 11) is -6.60. The summed E-state index contributed by atoms with van der Waals surface area (Å²) in [4.78, 5) is 0. The Morgan fingerprint density at radius 1 is 1.07 bits per heavy atom. The highest BCUT2D eigenvalue weighted by Gasteiger charge is 2.08. The van der Waals surface area contributed by atoms with Crippen molar-refractivity contribution in [1.29, 1.82) is 0 Å². The average Bonchev–Trinajstić information content (AvgIpc) is 2.08. The Morgan fingerprint density at radius 2 is 1.60 bits per heavy atom. The number of hydrogen-bond acceptors (Lipinski definition) is 4. The smallest absolute Gasteiger partial charge is 0.211 e. The lowest BCUT2D eigenvalue weighted by atomic mass is 10.6. The van der Waals surface area contributed by atoms with E-state index in [1.54, 1.807) is 0 Å². The van der Waals surface area contributed by atoms with Gasteiger partial charge in [0.1, 0.15) is 0 Å². The van der Waals surface area contributed by atoms with E-state index in [9.17, 15) is 16.8 Å². The van der Waals surface area contributed by atoms with Gasteiger partial charge in [0.05, 0.1) is 12.0 Å². The number of nitrogens with one attached hydrogen (secondary N) is 2. The molecule has 0 aromatic heterocycles. The topological polar surface area (TPSA) is 92.3 Å². The van der Waals surface area contributed by atoms with Gasteiger partial charge in [-0.2, -0.15) is 0 Å².